The van der Waals surface area contributed by atoms with E-state index in [1.54, 1.807) is 0 Å². The number of carbonyl (C=O) groups excluding carboxylic acids is 1. The largest absolute Gasteiger partial charge is 2.00 e. The maximum absolute atomic E-state index is 8.33. The molecule has 0 saturated carbocycles. The summed E-state index contributed by atoms with van der Waals surface area (Å²) in [6.07, 6.45) is -2.33. The molecule has 0 aromatic carbocycles. The predicted molar refractivity (Wildman–Crippen MR) is 12.3 cm³/mol. The Hall–Kier alpha value is 0.820. The average molecular weight is 137 g/mol. The first-order chi connectivity index (χ1) is 1.73. The molecule has 0 aliphatic heterocycles. The van der Waals surface area contributed by atoms with Crippen molar-refractivity contribution in [3.63, 3.8) is 0 Å². The summed E-state index contributed by atoms with van der Waals surface area (Å²) in [6.45, 7) is 0. The molecule has 0 aromatic rings. The van der Waals surface area contributed by atoms with Gasteiger partial charge in [0.1, 0.15) is 0 Å². The summed E-state index contributed by atoms with van der Waals surface area (Å²) in [5.41, 5.74) is 0. The summed E-state index contributed by atoms with van der Waals surface area (Å²) in [5, 5.41) is 16.7. The molecule has 0 atom stereocenters. The van der Waals surface area contributed by atoms with Gasteiger partial charge in [0.15, 0.2) is 0 Å². The summed E-state index contributed by atoms with van der Waals surface area (Å²) in [7, 11) is 0. The zero-order valence-corrected chi connectivity index (χ0v) is 5.77. The molecule has 0 aliphatic rings. The zero-order valence-electron chi connectivity index (χ0n) is 3.81. The number of carbonyl (C=O) groups is 1. The number of carboxylic acid groups (broad SMARTS) is 2. The van der Waals surface area contributed by atoms with Crippen LogP contribution in [-0.4, -0.2) is 43.9 Å². The third-order valence-electron chi connectivity index (χ3n) is 0. The molecule has 0 aromatic heterocycles. The molecule has 5 heteroatoms. The summed E-state index contributed by atoms with van der Waals surface area (Å²) in [5.74, 6) is 0. The van der Waals surface area contributed by atoms with Crippen LogP contribution in [0.25, 0.3) is 0 Å². The Morgan fingerprint density at radius 2 is 1.50 bits per heavy atom. The van der Waals surface area contributed by atoms with Gasteiger partial charge < -0.3 is 27.4 Å². The second-order valence-corrected chi connectivity index (χ2v) is 0.250. The monoisotopic (exact) mass is 136 g/mol. The van der Waals surface area contributed by atoms with E-state index in [-0.39, 0.29) is 51.6 Å². The number of rotatable bonds is 0. The minimum atomic E-state index is -2.33. The maximum Gasteiger partial charge on any atom is 2.00 e. The van der Waals surface area contributed by atoms with E-state index >= 15 is 0 Å². The van der Waals surface area contributed by atoms with Crippen LogP contribution in [0.1, 0.15) is 1.43 Å². The second-order valence-electron chi connectivity index (χ2n) is 0.250. The molecule has 0 amide bonds. The molecular formula is CHCaClO3. The molecule has 0 unspecified atom stereocenters. The SMILES string of the molecule is O=C([O-])[O-].[Ca+2].[Cl-].[H+]. The first-order valence-electron chi connectivity index (χ1n) is 0.612. The summed E-state index contributed by atoms with van der Waals surface area (Å²) < 4.78 is 0. The Bertz CT molecular complexity index is 37.9. The van der Waals surface area contributed by atoms with Crippen LogP contribution in [-0.2, 0) is 0 Å². The molecular weight excluding hydrogens is 136 g/mol. The van der Waals surface area contributed by atoms with E-state index in [9.17, 15) is 0 Å². The maximum atomic E-state index is 8.33. The van der Waals surface area contributed by atoms with E-state index in [1.807, 2.05) is 0 Å². The van der Waals surface area contributed by atoms with Gasteiger partial charge in [-0.3, -0.25) is 0 Å². The fraction of sp³-hybridized carbons (Fsp3) is 0. The predicted octanol–water partition coefficient (Wildman–Crippen LogP) is -5.71. The Morgan fingerprint density at radius 3 is 1.50 bits per heavy atom. The van der Waals surface area contributed by atoms with Gasteiger partial charge in [-0.25, -0.2) is 0 Å². The van der Waals surface area contributed by atoms with Crippen molar-refractivity contribution in [1.82, 2.24) is 0 Å². The Morgan fingerprint density at radius 1 is 1.50 bits per heavy atom. The Labute approximate surface area is 72.2 Å². The molecule has 3 nitrogen and oxygen atoms in total. The van der Waals surface area contributed by atoms with Gasteiger partial charge in [-0.2, -0.15) is 0 Å². The molecule has 0 rings (SSSR count). The smallest absolute Gasteiger partial charge is 1.00 e. The minimum Gasteiger partial charge on any atom is -1.00 e. The normalized spacial score (nSPS) is 4.00. The van der Waals surface area contributed by atoms with E-state index in [4.69, 9.17) is 15.0 Å². The average Bonchev–Trinajstić information content (AvgIpc) is 0.811. The quantitative estimate of drug-likeness (QED) is 0.312. The summed E-state index contributed by atoms with van der Waals surface area (Å²) >= 11 is 0. The van der Waals surface area contributed by atoms with Crippen molar-refractivity contribution in [2.45, 2.75) is 0 Å². The van der Waals surface area contributed by atoms with Gasteiger partial charge in [-0.15, -0.1) is 0 Å². The van der Waals surface area contributed by atoms with Crippen molar-refractivity contribution in [1.29, 1.82) is 0 Å². The van der Waals surface area contributed by atoms with E-state index in [0.717, 1.165) is 0 Å². The van der Waals surface area contributed by atoms with Crippen molar-refractivity contribution < 1.29 is 28.8 Å². The van der Waals surface area contributed by atoms with Gasteiger partial charge in [0.05, 0.1) is 0 Å². The van der Waals surface area contributed by atoms with Gasteiger partial charge in [-0.05, 0) is 6.16 Å². The van der Waals surface area contributed by atoms with Crippen molar-refractivity contribution in [3.05, 3.63) is 0 Å². The van der Waals surface area contributed by atoms with Gasteiger partial charge >= 0.3 is 39.2 Å². The number of hydrogen-bond acceptors (Lipinski definition) is 3. The van der Waals surface area contributed by atoms with Gasteiger partial charge in [0.25, 0.3) is 0 Å². The first-order valence-corrected chi connectivity index (χ1v) is 0.612. The van der Waals surface area contributed by atoms with Crippen LogP contribution in [0.2, 0.25) is 0 Å². The molecule has 0 radical (unpaired) electrons. The van der Waals surface area contributed by atoms with Gasteiger partial charge in [-0.1, -0.05) is 0 Å². The molecule has 0 N–H and O–H groups in total. The fourth-order valence-electron chi connectivity index (χ4n) is 0. The van der Waals surface area contributed by atoms with Crippen molar-refractivity contribution in [3.8, 4) is 0 Å². The molecule has 32 valence electrons. The molecule has 0 saturated heterocycles. The van der Waals surface area contributed by atoms with Crippen molar-refractivity contribution in [2.75, 3.05) is 0 Å². The van der Waals surface area contributed by atoms with E-state index < -0.39 is 6.16 Å². The molecule has 6 heavy (non-hydrogen) atoms. The van der Waals surface area contributed by atoms with Crippen LogP contribution in [0.5, 0.6) is 0 Å². The number of hydrogen-bond donors (Lipinski definition) is 0. The Balaban J connectivity index is -0.0000000150. The van der Waals surface area contributed by atoms with E-state index in [2.05, 4.69) is 0 Å². The first kappa shape index (κ1) is 15.8. The molecule has 0 heterocycles. The third kappa shape index (κ3) is 105. The van der Waals surface area contributed by atoms with Gasteiger partial charge in [0.2, 0.25) is 0 Å². The van der Waals surface area contributed by atoms with Crippen molar-refractivity contribution >= 4 is 43.9 Å². The molecule has 0 spiro atoms. The summed E-state index contributed by atoms with van der Waals surface area (Å²) in [4.78, 5) is 8.33. The minimum absolute atomic E-state index is 0. The van der Waals surface area contributed by atoms with E-state index in [0.29, 0.717) is 0 Å². The fourth-order valence-corrected chi connectivity index (χ4v) is 0. The number of halogens is 1. The zero-order chi connectivity index (χ0) is 3.58. The van der Waals surface area contributed by atoms with Crippen molar-refractivity contribution in [2.24, 2.45) is 0 Å². The van der Waals surface area contributed by atoms with Gasteiger partial charge in [0, 0.05) is 0 Å². The second kappa shape index (κ2) is 9.27. The molecule has 0 aliphatic carbocycles. The topological polar surface area (TPSA) is 63.2 Å². The van der Waals surface area contributed by atoms with Crippen LogP contribution in [0, 0.1) is 0 Å². The van der Waals surface area contributed by atoms with Crippen LogP contribution >= 0.6 is 0 Å². The van der Waals surface area contributed by atoms with E-state index in [1.165, 1.54) is 0 Å². The Kier molecular flexibility index (Phi) is 24.4. The van der Waals surface area contributed by atoms with Crippen LogP contribution in [0.15, 0.2) is 0 Å². The molecule has 0 fully saturated rings. The van der Waals surface area contributed by atoms with Crippen LogP contribution in [0.3, 0.4) is 0 Å². The standard InChI is InChI=1S/CH2O3.Ca.ClH/c2-1(3)4;;/h(H2,2,3,4);;1H/q;+2;/p-2. The summed E-state index contributed by atoms with van der Waals surface area (Å²) in [6, 6.07) is 0. The van der Waals surface area contributed by atoms with Crippen LogP contribution in [0.4, 0.5) is 4.79 Å². The van der Waals surface area contributed by atoms with Crippen LogP contribution < -0.4 is 22.6 Å². The molecule has 0 bridgehead atoms. The third-order valence-corrected chi connectivity index (χ3v) is 0.